The number of pyridine rings is 1. The molecule has 2 heterocycles. The minimum absolute atomic E-state index is 0.202. The Labute approximate surface area is 160 Å². The molecule has 0 unspecified atom stereocenters. The lowest BCUT2D eigenvalue weighted by Crippen LogP contribution is -2.05. The van der Waals surface area contributed by atoms with Crippen LogP contribution in [-0.4, -0.2) is 25.0 Å². The van der Waals surface area contributed by atoms with Gasteiger partial charge in [0.05, 0.1) is 31.0 Å². The van der Waals surface area contributed by atoms with E-state index >= 15 is 0 Å². The zero-order chi connectivity index (χ0) is 19.1. The predicted molar refractivity (Wildman–Crippen MR) is 109 cm³/mol. The van der Waals surface area contributed by atoms with E-state index in [0.29, 0.717) is 27.6 Å². The molecule has 0 saturated heterocycles. The Morgan fingerprint density at radius 3 is 2.63 bits per heavy atom. The summed E-state index contributed by atoms with van der Waals surface area (Å²) in [6.07, 6.45) is 0. The van der Waals surface area contributed by atoms with Gasteiger partial charge in [0.25, 0.3) is 0 Å². The van der Waals surface area contributed by atoms with Gasteiger partial charge < -0.3 is 15.2 Å². The Morgan fingerprint density at radius 1 is 1.07 bits per heavy atom. The van der Waals surface area contributed by atoms with Gasteiger partial charge in [-0.25, -0.2) is 4.98 Å². The third-order valence-corrected chi connectivity index (χ3v) is 5.64. The van der Waals surface area contributed by atoms with Crippen molar-refractivity contribution < 1.29 is 14.3 Å². The number of carbonyl (C=O) groups excluding carboxylic acids is 1. The molecule has 0 atom stereocenters. The summed E-state index contributed by atoms with van der Waals surface area (Å²) in [5, 5.41) is 1.79. The number of hydrogen-bond donors (Lipinski definition) is 1. The van der Waals surface area contributed by atoms with E-state index in [1.807, 2.05) is 31.2 Å². The maximum absolute atomic E-state index is 13.2. The van der Waals surface area contributed by atoms with Gasteiger partial charge in [-0.1, -0.05) is 12.1 Å². The summed E-state index contributed by atoms with van der Waals surface area (Å²) in [6, 6.07) is 13.2. The van der Waals surface area contributed by atoms with Crippen LogP contribution in [0.3, 0.4) is 0 Å². The van der Waals surface area contributed by atoms with Gasteiger partial charge in [0.15, 0.2) is 0 Å². The third kappa shape index (κ3) is 2.88. The SMILES string of the molecule is COc1ccc(OC)c(C(=O)c2sc3nc4cc(C)ccc4cc3c2N)c1. The molecule has 2 aromatic carbocycles. The molecule has 0 aliphatic carbocycles. The number of aromatic nitrogens is 1. The van der Waals surface area contributed by atoms with Gasteiger partial charge in [0.1, 0.15) is 21.2 Å². The minimum Gasteiger partial charge on any atom is -0.497 e. The maximum atomic E-state index is 13.2. The number of anilines is 1. The molecule has 0 radical (unpaired) electrons. The lowest BCUT2D eigenvalue weighted by Gasteiger charge is -2.09. The monoisotopic (exact) mass is 378 g/mol. The van der Waals surface area contributed by atoms with Crippen molar-refractivity contribution in [3.63, 3.8) is 0 Å². The van der Waals surface area contributed by atoms with Crippen LogP contribution in [0.1, 0.15) is 20.8 Å². The first kappa shape index (κ1) is 17.3. The molecule has 0 aliphatic rings. The fraction of sp³-hybridized carbons (Fsp3) is 0.143. The number of ketones is 1. The van der Waals surface area contributed by atoms with Gasteiger partial charge in [-0.05, 0) is 42.8 Å². The summed E-state index contributed by atoms with van der Waals surface area (Å²) in [4.78, 5) is 19.1. The summed E-state index contributed by atoms with van der Waals surface area (Å²) in [5.41, 5.74) is 9.22. The number of nitrogens with zero attached hydrogens (tertiary/aromatic N) is 1. The van der Waals surface area contributed by atoms with E-state index in [0.717, 1.165) is 26.7 Å². The van der Waals surface area contributed by atoms with Crippen LogP contribution < -0.4 is 15.2 Å². The fourth-order valence-electron chi connectivity index (χ4n) is 3.09. The first-order valence-electron chi connectivity index (χ1n) is 8.38. The number of methoxy groups -OCH3 is 2. The molecule has 0 bridgehead atoms. The highest BCUT2D eigenvalue weighted by molar-refractivity contribution is 7.21. The van der Waals surface area contributed by atoms with Crippen molar-refractivity contribution in [3.8, 4) is 11.5 Å². The van der Waals surface area contributed by atoms with Gasteiger partial charge >= 0.3 is 0 Å². The van der Waals surface area contributed by atoms with E-state index < -0.39 is 0 Å². The smallest absolute Gasteiger partial charge is 0.209 e. The minimum atomic E-state index is -0.202. The quantitative estimate of drug-likeness (QED) is 0.526. The summed E-state index contributed by atoms with van der Waals surface area (Å²) in [5.74, 6) is 0.857. The molecule has 136 valence electrons. The zero-order valence-corrected chi connectivity index (χ0v) is 16.0. The number of nitrogen functional groups attached to an aromatic ring is 1. The second-order valence-electron chi connectivity index (χ2n) is 6.28. The van der Waals surface area contributed by atoms with Crippen LogP contribution in [0.4, 0.5) is 5.69 Å². The molecule has 27 heavy (non-hydrogen) atoms. The lowest BCUT2D eigenvalue weighted by atomic mass is 10.1. The molecule has 2 N–H and O–H groups in total. The van der Waals surface area contributed by atoms with Gasteiger partial charge in [-0.3, -0.25) is 4.79 Å². The molecule has 0 saturated carbocycles. The van der Waals surface area contributed by atoms with Crippen LogP contribution in [0, 0.1) is 6.92 Å². The summed E-state index contributed by atoms with van der Waals surface area (Å²) in [7, 11) is 3.09. The second-order valence-corrected chi connectivity index (χ2v) is 7.28. The van der Waals surface area contributed by atoms with Crippen LogP contribution >= 0.6 is 11.3 Å². The molecule has 6 heteroatoms. The van der Waals surface area contributed by atoms with E-state index in [1.54, 1.807) is 25.3 Å². The number of benzene rings is 2. The molecule has 0 amide bonds. The first-order chi connectivity index (χ1) is 13.0. The highest BCUT2D eigenvalue weighted by Crippen LogP contribution is 2.37. The zero-order valence-electron chi connectivity index (χ0n) is 15.2. The molecule has 2 aromatic heterocycles. The topological polar surface area (TPSA) is 74.4 Å². The molecular weight excluding hydrogens is 360 g/mol. The molecular formula is C21H18N2O3S. The standard InChI is InChI=1S/C21H18N2O3S/c1-11-4-5-12-9-15-18(22)20(27-21(15)23-16(12)8-11)19(24)14-10-13(25-2)6-7-17(14)26-3/h4-10H,22H2,1-3H3. The lowest BCUT2D eigenvalue weighted by molar-refractivity contribution is 0.104. The molecule has 4 aromatic rings. The third-order valence-electron chi connectivity index (χ3n) is 4.53. The van der Waals surface area contributed by atoms with Gasteiger partial charge in [-0.2, -0.15) is 0 Å². The summed E-state index contributed by atoms with van der Waals surface area (Å²) in [6.45, 7) is 2.03. The first-order valence-corrected chi connectivity index (χ1v) is 9.19. The van der Waals surface area contributed by atoms with Crippen molar-refractivity contribution in [2.45, 2.75) is 6.92 Å². The van der Waals surface area contributed by atoms with E-state index in [-0.39, 0.29) is 5.78 Å². The molecule has 4 rings (SSSR count). The Balaban J connectivity index is 1.90. The van der Waals surface area contributed by atoms with E-state index in [4.69, 9.17) is 20.2 Å². The molecule has 0 fully saturated rings. The number of ether oxygens (including phenoxy) is 2. The number of aryl methyl sites for hydroxylation is 1. The number of hydrogen-bond acceptors (Lipinski definition) is 6. The Hall–Kier alpha value is -3.12. The van der Waals surface area contributed by atoms with E-state index in [2.05, 4.69) is 0 Å². The molecule has 0 aliphatic heterocycles. The number of thiophene rings is 1. The van der Waals surface area contributed by atoms with Crippen LogP contribution in [0.2, 0.25) is 0 Å². The van der Waals surface area contributed by atoms with Gasteiger partial charge in [-0.15, -0.1) is 11.3 Å². The van der Waals surface area contributed by atoms with Crippen molar-refractivity contribution in [2.75, 3.05) is 20.0 Å². The highest BCUT2D eigenvalue weighted by atomic mass is 32.1. The largest absolute Gasteiger partial charge is 0.497 e. The fourth-order valence-corrected chi connectivity index (χ4v) is 4.13. The normalized spacial score (nSPS) is 11.1. The Bertz CT molecular complexity index is 1200. The van der Waals surface area contributed by atoms with E-state index in [9.17, 15) is 4.79 Å². The van der Waals surface area contributed by atoms with Crippen molar-refractivity contribution in [2.24, 2.45) is 0 Å². The van der Waals surface area contributed by atoms with Gasteiger partial charge in [0.2, 0.25) is 5.78 Å². The average molecular weight is 378 g/mol. The number of nitrogens with two attached hydrogens (primary N) is 1. The highest BCUT2D eigenvalue weighted by Gasteiger charge is 2.22. The van der Waals surface area contributed by atoms with Crippen molar-refractivity contribution in [3.05, 3.63) is 58.5 Å². The van der Waals surface area contributed by atoms with Crippen LogP contribution in [0.15, 0.2) is 42.5 Å². The van der Waals surface area contributed by atoms with Crippen LogP contribution in [0.5, 0.6) is 11.5 Å². The van der Waals surface area contributed by atoms with Gasteiger partial charge in [0, 0.05) is 10.8 Å². The number of rotatable bonds is 4. The predicted octanol–water partition coefficient (Wildman–Crippen LogP) is 4.59. The van der Waals surface area contributed by atoms with Crippen molar-refractivity contribution >= 4 is 43.9 Å². The average Bonchev–Trinajstić information content (AvgIpc) is 3.00. The molecule has 0 spiro atoms. The summed E-state index contributed by atoms with van der Waals surface area (Å²) >= 11 is 1.30. The maximum Gasteiger partial charge on any atom is 0.209 e. The van der Waals surface area contributed by atoms with Crippen molar-refractivity contribution in [1.29, 1.82) is 0 Å². The Morgan fingerprint density at radius 2 is 1.89 bits per heavy atom. The number of fused-ring (bicyclic) bond motifs is 2. The van der Waals surface area contributed by atoms with E-state index in [1.165, 1.54) is 18.4 Å². The molecule has 5 nitrogen and oxygen atoms in total. The Kier molecular flexibility index (Phi) is 4.20. The van der Waals surface area contributed by atoms with Crippen molar-refractivity contribution in [1.82, 2.24) is 4.98 Å². The second kappa shape index (κ2) is 6.55. The van der Waals surface area contributed by atoms with Crippen LogP contribution in [0.25, 0.3) is 21.1 Å². The van der Waals surface area contributed by atoms with Crippen LogP contribution in [-0.2, 0) is 0 Å². The summed E-state index contributed by atoms with van der Waals surface area (Å²) < 4.78 is 10.6. The number of carbonyl (C=O) groups is 1.